The highest BCUT2D eigenvalue weighted by Crippen LogP contribution is 2.26. The number of benzene rings is 2. The van der Waals surface area contributed by atoms with E-state index in [1.807, 2.05) is 36.4 Å². The van der Waals surface area contributed by atoms with Gasteiger partial charge in [0.05, 0.1) is 23.3 Å². The maximum Gasteiger partial charge on any atom is 0.252 e. The number of nitrogens with zero attached hydrogens (tertiary/aromatic N) is 1. The molecule has 5 heteroatoms. The fraction of sp³-hybridized carbons (Fsp3) is 0.300. The topological polar surface area (TPSA) is 62.1 Å². The summed E-state index contributed by atoms with van der Waals surface area (Å²) in [4.78, 5) is 13.5. The predicted octanol–water partition coefficient (Wildman–Crippen LogP) is 3.76. The second-order valence-corrected chi connectivity index (χ2v) is 7.00. The van der Waals surface area contributed by atoms with Crippen LogP contribution in [-0.4, -0.2) is 24.4 Å². The maximum absolute atomic E-state index is 12.5. The van der Waals surface area contributed by atoms with E-state index in [0.29, 0.717) is 23.8 Å². The van der Waals surface area contributed by atoms with Crippen LogP contribution in [0.15, 0.2) is 53.4 Å². The van der Waals surface area contributed by atoms with Crippen molar-refractivity contribution in [1.29, 1.82) is 5.26 Å². The van der Waals surface area contributed by atoms with Gasteiger partial charge in [-0.15, -0.1) is 11.8 Å². The highest BCUT2D eigenvalue weighted by Gasteiger charge is 2.17. The Kier molecular flexibility index (Phi) is 6.10. The minimum Gasteiger partial charge on any atom is -0.377 e. The van der Waals surface area contributed by atoms with Crippen LogP contribution in [0.1, 0.15) is 34.3 Å². The van der Waals surface area contributed by atoms with Crippen molar-refractivity contribution >= 4 is 17.7 Å². The van der Waals surface area contributed by atoms with Gasteiger partial charge in [0.15, 0.2) is 0 Å². The molecule has 2 aromatic carbocycles. The minimum atomic E-state index is -0.0835. The van der Waals surface area contributed by atoms with Gasteiger partial charge in [-0.3, -0.25) is 4.79 Å². The lowest BCUT2D eigenvalue weighted by Gasteiger charge is -2.12. The standard InChI is InChI=1S/C20H20N2O2S/c21-12-15-7-9-16(10-8-15)13-22-20(23)18-5-1-2-6-19(18)25-14-17-4-3-11-24-17/h1-2,5-10,17H,3-4,11,13-14H2,(H,22,23). The molecule has 1 heterocycles. The van der Waals surface area contributed by atoms with Gasteiger partial charge in [0, 0.05) is 23.8 Å². The average Bonchev–Trinajstić information content (AvgIpc) is 3.18. The van der Waals surface area contributed by atoms with Crippen LogP contribution in [0.3, 0.4) is 0 Å². The van der Waals surface area contributed by atoms with Crippen LogP contribution in [-0.2, 0) is 11.3 Å². The van der Waals surface area contributed by atoms with Crippen molar-refractivity contribution in [3.63, 3.8) is 0 Å². The maximum atomic E-state index is 12.5. The number of nitrogens with one attached hydrogen (secondary N) is 1. The largest absolute Gasteiger partial charge is 0.377 e. The lowest BCUT2D eigenvalue weighted by Crippen LogP contribution is -2.23. The Hall–Kier alpha value is -2.29. The Morgan fingerprint density at radius 3 is 2.76 bits per heavy atom. The second-order valence-electron chi connectivity index (χ2n) is 5.93. The molecule has 1 saturated heterocycles. The van der Waals surface area contributed by atoms with E-state index in [4.69, 9.17) is 10.00 Å². The predicted molar refractivity (Wildman–Crippen MR) is 98.5 cm³/mol. The van der Waals surface area contributed by atoms with Crippen LogP contribution in [0.25, 0.3) is 0 Å². The Morgan fingerprint density at radius 1 is 1.24 bits per heavy atom. The van der Waals surface area contributed by atoms with Crippen molar-refractivity contribution in [2.75, 3.05) is 12.4 Å². The van der Waals surface area contributed by atoms with E-state index in [2.05, 4.69) is 11.4 Å². The molecular formula is C20H20N2O2S. The van der Waals surface area contributed by atoms with Crippen LogP contribution in [0, 0.1) is 11.3 Å². The van der Waals surface area contributed by atoms with Crippen molar-refractivity contribution in [2.24, 2.45) is 0 Å². The SMILES string of the molecule is N#Cc1ccc(CNC(=O)c2ccccc2SCC2CCCO2)cc1. The lowest BCUT2D eigenvalue weighted by molar-refractivity contribution is 0.0948. The van der Waals surface area contributed by atoms with Crippen LogP contribution in [0.2, 0.25) is 0 Å². The van der Waals surface area contributed by atoms with Crippen LogP contribution in [0.4, 0.5) is 0 Å². The first-order chi connectivity index (χ1) is 12.3. The van der Waals surface area contributed by atoms with Gasteiger partial charge in [-0.05, 0) is 42.7 Å². The summed E-state index contributed by atoms with van der Waals surface area (Å²) in [5.41, 5.74) is 2.28. The fourth-order valence-electron chi connectivity index (χ4n) is 2.71. The van der Waals surface area contributed by atoms with Gasteiger partial charge in [-0.2, -0.15) is 5.26 Å². The molecule has 0 aromatic heterocycles. The number of carbonyl (C=O) groups excluding carboxylic acids is 1. The Labute approximate surface area is 152 Å². The molecule has 25 heavy (non-hydrogen) atoms. The van der Waals surface area contributed by atoms with Crippen LogP contribution < -0.4 is 5.32 Å². The first-order valence-corrected chi connectivity index (χ1v) is 9.35. The third-order valence-electron chi connectivity index (χ3n) is 4.12. The number of nitriles is 1. The van der Waals surface area contributed by atoms with Crippen molar-refractivity contribution in [3.05, 3.63) is 65.2 Å². The number of thioether (sulfide) groups is 1. The number of rotatable bonds is 6. The van der Waals surface area contributed by atoms with Gasteiger partial charge >= 0.3 is 0 Å². The van der Waals surface area contributed by atoms with E-state index in [1.165, 1.54) is 0 Å². The summed E-state index contributed by atoms with van der Waals surface area (Å²) in [5.74, 6) is 0.791. The van der Waals surface area contributed by atoms with Gasteiger partial charge in [-0.1, -0.05) is 24.3 Å². The quantitative estimate of drug-likeness (QED) is 0.804. The summed E-state index contributed by atoms with van der Waals surface area (Å²) in [5, 5.41) is 11.8. The number of amides is 1. The van der Waals surface area contributed by atoms with Crippen molar-refractivity contribution in [2.45, 2.75) is 30.4 Å². The molecule has 4 nitrogen and oxygen atoms in total. The van der Waals surface area contributed by atoms with E-state index < -0.39 is 0 Å². The van der Waals surface area contributed by atoms with Gasteiger partial charge in [-0.25, -0.2) is 0 Å². The molecule has 0 radical (unpaired) electrons. The summed E-state index contributed by atoms with van der Waals surface area (Å²) in [6.07, 6.45) is 2.51. The fourth-order valence-corrected chi connectivity index (χ4v) is 3.83. The molecule has 1 amide bonds. The normalized spacial score (nSPS) is 16.4. The first kappa shape index (κ1) is 17.5. The summed E-state index contributed by atoms with van der Waals surface area (Å²) in [6.45, 7) is 1.28. The molecule has 1 aliphatic heterocycles. The van der Waals surface area contributed by atoms with Gasteiger partial charge in [0.1, 0.15) is 0 Å². The van der Waals surface area contributed by atoms with Crippen LogP contribution in [0.5, 0.6) is 0 Å². The molecular weight excluding hydrogens is 332 g/mol. The van der Waals surface area contributed by atoms with E-state index in [0.717, 1.165) is 35.7 Å². The van der Waals surface area contributed by atoms with E-state index in [-0.39, 0.29) is 5.91 Å². The molecule has 1 atom stereocenters. The average molecular weight is 352 g/mol. The molecule has 1 N–H and O–H groups in total. The molecule has 128 valence electrons. The van der Waals surface area contributed by atoms with E-state index in [9.17, 15) is 4.79 Å². The molecule has 1 unspecified atom stereocenters. The lowest BCUT2D eigenvalue weighted by atomic mass is 10.1. The van der Waals surface area contributed by atoms with Crippen molar-refractivity contribution in [3.8, 4) is 6.07 Å². The third kappa shape index (κ3) is 4.85. The van der Waals surface area contributed by atoms with Crippen molar-refractivity contribution in [1.82, 2.24) is 5.32 Å². The van der Waals surface area contributed by atoms with Gasteiger partial charge < -0.3 is 10.1 Å². The zero-order valence-corrected chi connectivity index (χ0v) is 14.7. The summed E-state index contributed by atoms with van der Waals surface area (Å²) in [7, 11) is 0. The third-order valence-corrected chi connectivity index (χ3v) is 5.32. The highest BCUT2D eigenvalue weighted by molar-refractivity contribution is 7.99. The smallest absolute Gasteiger partial charge is 0.252 e. The molecule has 0 aliphatic carbocycles. The zero-order valence-electron chi connectivity index (χ0n) is 13.9. The van der Waals surface area contributed by atoms with Gasteiger partial charge in [0.2, 0.25) is 0 Å². The van der Waals surface area contributed by atoms with E-state index >= 15 is 0 Å². The summed E-state index contributed by atoms with van der Waals surface area (Å²) < 4.78 is 5.65. The first-order valence-electron chi connectivity index (χ1n) is 8.37. The molecule has 0 bridgehead atoms. The van der Waals surface area contributed by atoms with Crippen molar-refractivity contribution < 1.29 is 9.53 Å². The Morgan fingerprint density at radius 2 is 2.04 bits per heavy atom. The second kappa shape index (κ2) is 8.70. The number of hydrogen-bond donors (Lipinski definition) is 1. The monoisotopic (exact) mass is 352 g/mol. The number of hydrogen-bond acceptors (Lipinski definition) is 4. The molecule has 1 aliphatic rings. The molecule has 0 spiro atoms. The minimum absolute atomic E-state index is 0.0835. The Bertz CT molecular complexity index is 762. The molecule has 2 aromatic rings. The van der Waals surface area contributed by atoms with Gasteiger partial charge in [0.25, 0.3) is 5.91 Å². The summed E-state index contributed by atoms with van der Waals surface area (Å²) >= 11 is 1.68. The Balaban J connectivity index is 1.59. The number of ether oxygens (including phenoxy) is 1. The van der Waals surface area contributed by atoms with E-state index in [1.54, 1.807) is 23.9 Å². The molecule has 0 saturated carbocycles. The zero-order chi connectivity index (χ0) is 17.5. The van der Waals surface area contributed by atoms with Crippen LogP contribution >= 0.6 is 11.8 Å². The molecule has 1 fully saturated rings. The number of carbonyl (C=O) groups is 1. The highest BCUT2D eigenvalue weighted by atomic mass is 32.2. The molecule has 3 rings (SSSR count). The summed E-state index contributed by atoms with van der Waals surface area (Å²) in [6, 6.07) is 17.0.